The van der Waals surface area contributed by atoms with Crippen molar-refractivity contribution in [1.29, 1.82) is 0 Å². The molecule has 0 aliphatic heterocycles. The van der Waals surface area contributed by atoms with Crippen LogP contribution in [-0.2, 0) is 0 Å². The molecule has 110 valence electrons. The van der Waals surface area contributed by atoms with Crippen molar-refractivity contribution in [3.8, 4) is 0 Å². The Bertz CT molecular complexity index is 456. The highest BCUT2D eigenvalue weighted by Crippen LogP contribution is 2.54. The van der Waals surface area contributed by atoms with Gasteiger partial charge in [-0.1, -0.05) is 43.2 Å². The largest absolute Gasteiger partial charge is 0.393 e. The van der Waals surface area contributed by atoms with Crippen molar-refractivity contribution < 1.29 is 5.11 Å². The molecule has 3 aliphatic rings. The van der Waals surface area contributed by atoms with Crippen LogP contribution >= 0.6 is 0 Å². The Kier molecular flexibility index (Phi) is 3.90. The molecule has 0 heterocycles. The topological polar surface area (TPSA) is 20.2 Å². The maximum atomic E-state index is 9.82. The highest BCUT2D eigenvalue weighted by atomic mass is 16.3. The minimum atomic E-state index is -0.159. The second-order valence-corrected chi connectivity index (χ2v) is 7.39. The molecule has 3 aliphatic carbocycles. The van der Waals surface area contributed by atoms with E-state index in [0.29, 0.717) is 5.41 Å². The molecule has 0 aromatic carbocycles. The van der Waals surface area contributed by atoms with E-state index >= 15 is 0 Å². The zero-order valence-electron chi connectivity index (χ0n) is 12.8. The second-order valence-electron chi connectivity index (χ2n) is 7.39. The van der Waals surface area contributed by atoms with Gasteiger partial charge in [-0.25, -0.2) is 0 Å². The lowest BCUT2D eigenvalue weighted by Crippen LogP contribution is -2.27. The Morgan fingerprint density at radius 1 is 1.15 bits per heavy atom. The summed E-state index contributed by atoms with van der Waals surface area (Å²) in [7, 11) is 0. The van der Waals surface area contributed by atoms with Crippen LogP contribution in [0.3, 0.4) is 0 Å². The predicted molar refractivity (Wildman–Crippen MR) is 84.5 cm³/mol. The van der Waals surface area contributed by atoms with Crippen LogP contribution in [0.15, 0.2) is 35.5 Å². The Morgan fingerprint density at radius 3 is 2.80 bits per heavy atom. The molecular weight excluding hydrogens is 244 g/mol. The first-order chi connectivity index (χ1) is 9.58. The third-order valence-electron chi connectivity index (χ3n) is 5.93. The van der Waals surface area contributed by atoms with Crippen LogP contribution in [-0.4, -0.2) is 11.2 Å². The molecule has 0 bridgehead atoms. The fourth-order valence-electron chi connectivity index (χ4n) is 4.63. The van der Waals surface area contributed by atoms with Crippen molar-refractivity contribution in [1.82, 2.24) is 0 Å². The van der Waals surface area contributed by atoms with E-state index in [4.69, 9.17) is 0 Å². The van der Waals surface area contributed by atoms with Gasteiger partial charge in [-0.3, -0.25) is 0 Å². The van der Waals surface area contributed by atoms with Gasteiger partial charge in [0.1, 0.15) is 0 Å². The molecule has 20 heavy (non-hydrogen) atoms. The quantitative estimate of drug-likeness (QED) is 0.717. The molecule has 3 fully saturated rings. The Morgan fingerprint density at radius 2 is 1.95 bits per heavy atom. The second kappa shape index (κ2) is 5.52. The Hall–Kier alpha value is -0.820. The van der Waals surface area contributed by atoms with Gasteiger partial charge in [-0.15, -0.1) is 0 Å². The van der Waals surface area contributed by atoms with Crippen LogP contribution in [0.2, 0.25) is 0 Å². The van der Waals surface area contributed by atoms with E-state index in [-0.39, 0.29) is 6.10 Å². The number of rotatable bonds is 1. The number of aliphatic hydroxyl groups is 1. The van der Waals surface area contributed by atoms with Crippen LogP contribution in [0.25, 0.3) is 0 Å². The lowest BCUT2D eigenvalue weighted by molar-refractivity contribution is 0.158. The smallest absolute Gasteiger partial charge is 0.0583 e. The third-order valence-corrected chi connectivity index (χ3v) is 5.93. The summed E-state index contributed by atoms with van der Waals surface area (Å²) in [6, 6.07) is 0. The van der Waals surface area contributed by atoms with Gasteiger partial charge in [0, 0.05) is 0 Å². The van der Waals surface area contributed by atoms with Gasteiger partial charge in [0.25, 0.3) is 0 Å². The SMILES string of the molecule is C=C1CCC(O)CC1=CC=C1CCCC2(C)CCCC12. The fourth-order valence-corrected chi connectivity index (χ4v) is 4.63. The zero-order chi connectivity index (χ0) is 14.2. The van der Waals surface area contributed by atoms with E-state index in [2.05, 4.69) is 25.7 Å². The van der Waals surface area contributed by atoms with Crippen molar-refractivity contribution in [3.05, 3.63) is 35.5 Å². The molecule has 0 aromatic rings. The van der Waals surface area contributed by atoms with Gasteiger partial charge in [0.05, 0.1) is 6.10 Å². The van der Waals surface area contributed by atoms with Crippen LogP contribution in [0.1, 0.15) is 64.7 Å². The minimum Gasteiger partial charge on any atom is -0.393 e. The summed E-state index contributed by atoms with van der Waals surface area (Å²) in [5.74, 6) is 0.815. The average molecular weight is 272 g/mol. The first kappa shape index (κ1) is 14.1. The van der Waals surface area contributed by atoms with Crippen LogP contribution < -0.4 is 0 Å². The van der Waals surface area contributed by atoms with Gasteiger partial charge in [-0.05, 0) is 68.3 Å². The Labute approximate surface area is 123 Å². The molecule has 0 radical (unpaired) electrons. The van der Waals surface area contributed by atoms with Gasteiger partial charge < -0.3 is 5.11 Å². The van der Waals surface area contributed by atoms with Crippen LogP contribution in [0.4, 0.5) is 0 Å². The molecule has 1 heteroatoms. The average Bonchev–Trinajstić information content (AvgIpc) is 2.82. The molecule has 1 N–H and O–H groups in total. The molecule has 3 rings (SSSR count). The summed E-state index contributed by atoms with van der Waals surface area (Å²) in [5.41, 5.74) is 4.75. The van der Waals surface area contributed by atoms with Crippen molar-refractivity contribution in [3.63, 3.8) is 0 Å². The number of aliphatic hydroxyl groups excluding tert-OH is 1. The molecule has 0 amide bonds. The predicted octanol–water partition coefficient (Wildman–Crippen LogP) is 4.93. The number of hydrogen-bond donors (Lipinski definition) is 1. The van der Waals surface area contributed by atoms with Gasteiger partial charge in [0.15, 0.2) is 0 Å². The van der Waals surface area contributed by atoms with E-state index < -0.39 is 0 Å². The minimum absolute atomic E-state index is 0.159. The van der Waals surface area contributed by atoms with Gasteiger partial charge >= 0.3 is 0 Å². The van der Waals surface area contributed by atoms with Crippen molar-refractivity contribution in [2.75, 3.05) is 0 Å². The van der Waals surface area contributed by atoms with E-state index in [0.717, 1.165) is 25.2 Å². The van der Waals surface area contributed by atoms with E-state index in [1.165, 1.54) is 49.7 Å². The number of fused-ring (bicyclic) bond motifs is 1. The normalized spacial score (nSPS) is 42.2. The monoisotopic (exact) mass is 272 g/mol. The number of allylic oxidation sites excluding steroid dienone is 4. The van der Waals surface area contributed by atoms with Crippen molar-refractivity contribution in [2.24, 2.45) is 11.3 Å². The zero-order valence-corrected chi connectivity index (χ0v) is 12.8. The lowest BCUT2D eigenvalue weighted by Gasteiger charge is -2.38. The molecule has 0 spiro atoms. The molecule has 1 nitrogen and oxygen atoms in total. The summed E-state index contributed by atoms with van der Waals surface area (Å²) in [4.78, 5) is 0. The molecular formula is C19H28O. The molecule has 0 saturated heterocycles. The van der Waals surface area contributed by atoms with E-state index in [1.807, 2.05) is 0 Å². The standard InChI is InChI=1S/C19H28O/c1-14-7-10-17(20)13-16(14)9-8-15-5-3-11-19(2)12-4-6-18(15)19/h8-9,17-18,20H,1,3-7,10-13H2,2H3. The lowest BCUT2D eigenvalue weighted by atomic mass is 9.67. The summed E-state index contributed by atoms with van der Waals surface area (Å²) < 4.78 is 0. The van der Waals surface area contributed by atoms with Gasteiger partial charge in [-0.2, -0.15) is 0 Å². The first-order valence-corrected chi connectivity index (χ1v) is 8.34. The van der Waals surface area contributed by atoms with Crippen LogP contribution in [0, 0.1) is 11.3 Å². The summed E-state index contributed by atoms with van der Waals surface area (Å²) in [6.07, 6.45) is 15.4. The number of hydrogen-bond acceptors (Lipinski definition) is 1. The van der Waals surface area contributed by atoms with E-state index in [9.17, 15) is 5.11 Å². The molecule has 3 atom stereocenters. The van der Waals surface area contributed by atoms with E-state index in [1.54, 1.807) is 5.57 Å². The molecule has 3 saturated carbocycles. The third kappa shape index (κ3) is 2.65. The van der Waals surface area contributed by atoms with Crippen molar-refractivity contribution >= 4 is 0 Å². The first-order valence-electron chi connectivity index (χ1n) is 8.34. The maximum Gasteiger partial charge on any atom is 0.0583 e. The Balaban J connectivity index is 1.79. The highest BCUT2D eigenvalue weighted by Gasteiger charge is 2.42. The summed E-state index contributed by atoms with van der Waals surface area (Å²) in [5, 5.41) is 9.82. The molecule has 0 aromatic heterocycles. The van der Waals surface area contributed by atoms with Crippen LogP contribution in [0.5, 0.6) is 0 Å². The van der Waals surface area contributed by atoms with Crippen molar-refractivity contribution in [2.45, 2.75) is 70.8 Å². The molecule has 3 unspecified atom stereocenters. The maximum absolute atomic E-state index is 9.82. The summed E-state index contributed by atoms with van der Waals surface area (Å²) >= 11 is 0. The fraction of sp³-hybridized carbons (Fsp3) is 0.684. The van der Waals surface area contributed by atoms with Gasteiger partial charge in [0.2, 0.25) is 0 Å². The summed E-state index contributed by atoms with van der Waals surface area (Å²) in [6.45, 7) is 6.66. The highest BCUT2D eigenvalue weighted by molar-refractivity contribution is 5.36.